The van der Waals surface area contributed by atoms with Crippen LogP contribution in [0.4, 0.5) is 19.2 Å². The van der Waals surface area contributed by atoms with Crippen LogP contribution in [0.25, 0.3) is 0 Å². The van der Waals surface area contributed by atoms with Gasteiger partial charge in [0, 0.05) is 68.3 Å². The lowest BCUT2D eigenvalue weighted by molar-refractivity contribution is -0.125. The number of aromatic nitrogens is 4. The molecule has 0 unspecified atom stereocenters. The highest BCUT2D eigenvalue weighted by Crippen LogP contribution is 2.27. The number of urea groups is 2. The molecule has 24 heteroatoms. The van der Waals surface area contributed by atoms with Crippen LogP contribution < -0.4 is 21.3 Å². The minimum Gasteiger partial charge on any atom is -0.444 e. The fourth-order valence-corrected chi connectivity index (χ4v) is 14.0. The molecule has 0 bridgehead atoms. The lowest BCUT2D eigenvalue weighted by atomic mass is 9.84. The van der Waals surface area contributed by atoms with Gasteiger partial charge in [0.05, 0.1) is 85.5 Å². The van der Waals surface area contributed by atoms with E-state index in [1.165, 1.54) is 27.6 Å². The summed E-state index contributed by atoms with van der Waals surface area (Å²) in [5.41, 5.74) is 8.79. The molecule has 0 aliphatic rings. The summed E-state index contributed by atoms with van der Waals surface area (Å²) in [5.74, 6) is -0.824. The van der Waals surface area contributed by atoms with Gasteiger partial charge in [0.25, 0.3) is 0 Å². The molecule has 4 aromatic heterocycles. The molecule has 0 aliphatic carbocycles. The second-order valence-corrected chi connectivity index (χ2v) is 30.3. The van der Waals surface area contributed by atoms with Gasteiger partial charge in [0.1, 0.15) is 13.2 Å². The summed E-state index contributed by atoms with van der Waals surface area (Å²) in [6.45, 7) is 16.7. The Balaban J connectivity index is 0.000000281. The van der Waals surface area contributed by atoms with E-state index < -0.39 is 42.5 Å². The zero-order valence-corrected chi connectivity index (χ0v) is 62.1. The predicted octanol–water partition coefficient (Wildman–Crippen LogP) is 14.2. The van der Waals surface area contributed by atoms with Gasteiger partial charge in [-0.15, -0.1) is 45.3 Å². The van der Waals surface area contributed by atoms with E-state index in [1.54, 1.807) is 65.1 Å². The van der Waals surface area contributed by atoms with Gasteiger partial charge in [0.2, 0.25) is 0 Å². The topological polar surface area (TPSA) is 264 Å². The number of rotatable bonds is 36. The Kier molecular flexibility index (Phi) is 32.0. The van der Waals surface area contributed by atoms with Crippen LogP contribution in [-0.2, 0) is 75.8 Å². The third-order valence-electron chi connectivity index (χ3n) is 16.7. The standard InChI is InChI=1S/C38H49N5O5S2.C38H47N5O5S2/c2*1-25(2)35(42-37(46)43(5)21-30-23-49-36(40-30)26(3)4)34(45)19-29(16-27-12-8-6-9-13-27)18-33(44)32(17-28-14-10-7-11-15-28)41-38(47)48-22-31-20-39-24-50-31/h6-15,20,23-26,29,32-33,35,44H,16-19,21-22H2,1-5H3,(H,41,47)(H,42,46);6-15,20,23-26,29,32,35H,16-19,21-22H2,1-5H3,(H,41,47)(H,42,46)/t29-,32-,33-,35-;29-,32-,35-/m00/s1. The molecule has 0 radical (unpaired) electrons. The number of aliphatic hydroxyl groups is 1. The summed E-state index contributed by atoms with van der Waals surface area (Å²) in [5, 5.41) is 29.2. The third-order valence-corrected chi connectivity index (χ3v) is 20.6. The first kappa shape index (κ1) is 78.8. The summed E-state index contributed by atoms with van der Waals surface area (Å²) in [4.78, 5) is 116. The Hall–Kier alpha value is -8.55. The minimum atomic E-state index is -0.986. The molecule has 5 N–H and O–H groups in total. The Morgan fingerprint density at radius 1 is 0.470 bits per heavy atom. The number of Topliss-reactive ketones (excluding diaryl/α,β-unsaturated/α-hetero) is 3. The predicted molar refractivity (Wildman–Crippen MR) is 395 cm³/mol. The highest BCUT2D eigenvalue weighted by atomic mass is 32.1. The molecule has 0 fully saturated rings. The second kappa shape index (κ2) is 40.6. The number of carbonyl (C=O) groups is 7. The number of hydrogen-bond donors (Lipinski definition) is 5. The van der Waals surface area contributed by atoms with Gasteiger partial charge in [-0.1, -0.05) is 177 Å². The van der Waals surface area contributed by atoms with Crippen molar-refractivity contribution < 1.29 is 48.1 Å². The zero-order valence-electron chi connectivity index (χ0n) is 58.8. The Bertz CT molecular complexity index is 3760. The molecule has 534 valence electrons. The lowest BCUT2D eigenvalue weighted by Gasteiger charge is -2.29. The molecule has 6 amide bonds. The van der Waals surface area contributed by atoms with Crippen molar-refractivity contribution in [3.63, 3.8) is 0 Å². The highest BCUT2D eigenvalue weighted by Gasteiger charge is 2.34. The van der Waals surface area contributed by atoms with Crippen molar-refractivity contribution in [3.8, 4) is 0 Å². The number of benzene rings is 4. The van der Waals surface area contributed by atoms with Crippen molar-refractivity contribution in [2.24, 2.45) is 23.7 Å². The normalized spacial score (nSPS) is 13.4. The summed E-state index contributed by atoms with van der Waals surface area (Å²) >= 11 is 5.91. The molecule has 8 aromatic rings. The Morgan fingerprint density at radius 2 is 0.850 bits per heavy atom. The minimum absolute atomic E-state index is 0.0495. The number of carbonyl (C=O) groups excluding carboxylic acids is 7. The van der Waals surface area contributed by atoms with Crippen LogP contribution in [0.3, 0.4) is 0 Å². The fraction of sp³-hybridized carbons (Fsp3) is 0.434. The average molecular weight is 1440 g/mol. The summed E-state index contributed by atoms with van der Waals surface area (Å²) in [7, 11) is 3.38. The van der Waals surface area contributed by atoms with E-state index in [9.17, 15) is 38.7 Å². The molecule has 0 spiro atoms. The number of ether oxygens (including phenoxy) is 2. The first-order chi connectivity index (χ1) is 48.0. The van der Waals surface area contributed by atoms with Gasteiger partial charge >= 0.3 is 24.2 Å². The van der Waals surface area contributed by atoms with Crippen LogP contribution in [-0.4, -0.2) is 121 Å². The maximum Gasteiger partial charge on any atom is 0.408 e. The lowest BCUT2D eigenvalue weighted by Crippen LogP contribution is -2.49. The van der Waals surface area contributed by atoms with Crippen molar-refractivity contribution in [1.82, 2.24) is 51.0 Å². The molecule has 4 aromatic carbocycles. The van der Waals surface area contributed by atoms with Gasteiger partial charge in [0.15, 0.2) is 17.3 Å². The van der Waals surface area contributed by atoms with Gasteiger partial charge in [-0.25, -0.2) is 29.1 Å². The fourth-order valence-electron chi connectivity index (χ4n) is 11.3. The molecule has 8 rings (SSSR count). The SMILES string of the molecule is CC(C)c1nc(CN(C)C(=O)N[C@H](C(=O)C[C@@H](Cc2ccccc2)C[C@H](O)[C@H](Cc2ccccc2)NC(=O)OCc2cncs2)C(C)C)cs1.CC(C)c1nc(CN(C)C(=O)N[C@H](C(=O)C[C@H](CC(=O)[C@H](Cc2ccccc2)NC(=O)OCc2cncs2)Cc2ccccc2)C(C)C)cs1. The quantitative estimate of drug-likeness (QED) is 0.0245. The van der Waals surface area contributed by atoms with Crippen LogP contribution in [0.1, 0.15) is 146 Å². The molecular formula is C76H96N10O10S4. The number of nitrogens with one attached hydrogen (secondary N) is 4. The number of thiazole rings is 4. The largest absolute Gasteiger partial charge is 0.444 e. The van der Waals surface area contributed by atoms with Crippen LogP contribution in [0.5, 0.6) is 0 Å². The average Bonchev–Trinajstić information content (AvgIpc) is 1.25. The van der Waals surface area contributed by atoms with Gasteiger partial charge in [-0.05, 0) is 78.0 Å². The van der Waals surface area contributed by atoms with Gasteiger partial charge < -0.3 is 45.6 Å². The molecule has 7 atom stereocenters. The van der Waals surface area contributed by atoms with E-state index in [1.807, 2.05) is 160 Å². The molecule has 4 heterocycles. The number of hydrogen-bond acceptors (Lipinski definition) is 18. The van der Waals surface area contributed by atoms with E-state index in [0.29, 0.717) is 44.2 Å². The van der Waals surface area contributed by atoms with Crippen molar-refractivity contribution in [2.75, 3.05) is 14.1 Å². The van der Waals surface area contributed by atoms with Crippen LogP contribution in [0.15, 0.2) is 156 Å². The monoisotopic (exact) mass is 1440 g/mol. The van der Waals surface area contributed by atoms with Crippen LogP contribution in [0.2, 0.25) is 0 Å². The zero-order chi connectivity index (χ0) is 72.1. The number of nitrogens with zero attached hydrogens (tertiary/aromatic N) is 6. The van der Waals surface area contributed by atoms with Gasteiger partial charge in [-0.2, -0.15) is 0 Å². The van der Waals surface area contributed by atoms with Gasteiger partial charge in [-0.3, -0.25) is 24.4 Å². The maximum absolute atomic E-state index is 14.0. The van der Waals surface area contributed by atoms with Crippen LogP contribution in [0, 0.1) is 23.7 Å². The molecule has 0 saturated carbocycles. The maximum atomic E-state index is 14.0. The van der Waals surface area contributed by atoms with Crippen molar-refractivity contribution in [1.29, 1.82) is 0 Å². The Labute approximate surface area is 604 Å². The summed E-state index contributed by atoms with van der Waals surface area (Å²) < 4.78 is 10.8. The van der Waals surface area contributed by atoms with Crippen molar-refractivity contribution in [3.05, 3.63) is 209 Å². The van der Waals surface area contributed by atoms with Crippen LogP contribution >= 0.6 is 45.3 Å². The number of alkyl carbamates (subject to hydrolysis) is 2. The van der Waals surface area contributed by atoms with Crippen molar-refractivity contribution >= 4 is 86.9 Å². The first-order valence-corrected chi connectivity index (χ1v) is 37.4. The first-order valence-electron chi connectivity index (χ1n) is 33.9. The molecule has 0 aliphatic heterocycles. The molecular weight excluding hydrogens is 1340 g/mol. The third kappa shape index (κ3) is 26.8. The number of aliphatic hydroxyl groups excluding tert-OH is 1. The number of amides is 6. The summed E-state index contributed by atoms with van der Waals surface area (Å²) in [6.07, 6.45) is 3.12. The van der Waals surface area contributed by atoms with E-state index in [4.69, 9.17) is 9.47 Å². The molecule has 20 nitrogen and oxygen atoms in total. The molecule has 100 heavy (non-hydrogen) atoms. The smallest absolute Gasteiger partial charge is 0.408 e. The number of ketones is 3. The second-order valence-electron chi connectivity index (χ2n) is 26.6. The van der Waals surface area contributed by atoms with E-state index >= 15 is 0 Å². The Morgan fingerprint density at radius 3 is 1.24 bits per heavy atom. The highest BCUT2D eigenvalue weighted by molar-refractivity contribution is 7.10. The summed E-state index contributed by atoms with van der Waals surface area (Å²) in [6, 6.07) is 34.9. The van der Waals surface area contributed by atoms with E-state index in [0.717, 1.165) is 53.4 Å². The van der Waals surface area contributed by atoms with E-state index in [2.05, 4.69) is 68.9 Å². The van der Waals surface area contributed by atoms with E-state index in [-0.39, 0.29) is 98.4 Å². The molecule has 0 saturated heterocycles. The van der Waals surface area contributed by atoms with Crippen molar-refractivity contribution in [2.45, 2.75) is 175 Å².